The van der Waals surface area contributed by atoms with Gasteiger partial charge in [0, 0.05) is 30.9 Å². The minimum Gasteiger partial charge on any atom is -0.334 e. The Balaban J connectivity index is 1.79. The minimum atomic E-state index is -0.172. The summed E-state index contributed by atoms with van der Waals surface area (Å²) in [6.45, 7) is 1.88. The Labute approximate surface area is 118 Å². The van der Waals surface area contributed by atoms with Crippen molar-refractivity contribution >= 4 is 5.91 Å². The van der Waals surface area contributed by atoms with Crippen LogP contribution in [-0.4, -0.2) is 41.0 Å². The standard InChI is InChI=1S/C15H21N3O2/c19-14-7-6-11(10-17-14)15(20)18-9-2-1-5-13(18)12-4-3-8-16-12/h6-7,10,12-13,16H,1-5,8-9H2,(H,17,19). The summed E-state index contributed by atoms with van der Waals surface area (Å²) in [7, 11) is 0. The van der Waals surface area contributed by atoms with Gasteiger partial charge >= 0.3 is 0 Å². The Morgan fingerprint density at radius 3 is 2.80 bits per heavy atom. The number of nitrogens with zero attached hydrogens (tertiary/aromatic N) is 1. The summed E-state index contributed by atoms with van der Waals surface area (Å²) < 4.78 is 0. The lowest BCUT2D eigenvalue weighted by Crippen LogP contribution is -2.52. The topological polar surface area (TPSA) is 65.2 Å². The molecule has 0 aliphatic carbocycles. The molecule has 2 saturated heterocycles. The van der Waals surface area contributed by atoms with Gasteiger partial charge in [0.1, 0.15) is 0 Å². The van der Waals surface area contributed by atoms with E-state index in [2.05, 4.69) is 10.3 Å². The summed E-state index contributed by atoms with van der Waals surface area (Å²) in [6.07, 6.45) is 7.21. The number of carbonyl (C=O) groups is 1. The Bertz CT molecular complexity index is 514. The molecule has 2 unspecified atom stereocenters. The van der Waals surface area contributed by atoms with Gasteiger partial charge in [-0.05, 0) is 44.7 Å². The van der Waals surface area contributed by atoms with E-state index in [1.54, 1.807) is 6.07 Å². The number of H-pyrrole nitrogens is 1. The van der Waals surface area contributed by atoms with Crippen LogP contribution in [0.4, 0.5) is 0 Å². The molecule has 0 aromatic carbocycles. The molecule has 0 radical (unpaired) electrons. The molecular formula is C15H21N3O2. The summed E-state index contributed by atoms with van der Waals surface area (Å²) in [6, 6.07) is 3.77. The third kappa shape index (κ3) is 2.63. The van der Waals surface area contributed by atoms with E-state index in [1.807, 2.05) is 4.90 Å². The molecular weight excluding hydrogens is 254 g/mol. The van der Waals surface area contributed by atoms with Crippen molar-refractivity contribution in [3.05, 3.63) is 34.2 Å². The van der Waals surface area contributed by atoms with Crippen LogP contribution < -0.4 is 10.9 Å². The van der Waals surface area contributed by atoms with E-state index in [-0.39, 0.29) is 11.5 Å². The Hall–Kier alpha value is -1.62. The minimum absolute atomic E-state index is 0.0413. The van der Waals surface area contributed by atoms with Crippen molar-refractivity contribution in [2.75, 3.05) is 13.1 Å². The first-order valence-electron chi connectivity index (χ1n) is 7.49. The molecule has 2 atom stereocenters. The maximum absolute atomic E-state index is 12.7. The maximum atomic E-state index is 12.7. The van der Waals surface area contributed by atoms with Gasteiger partial charge in [0.2, 0.25) is 5.56 Å². The van der Waals surface area contributed by atoms with Gasteiger partial charge < -0.3 is 15.2 Å². The molecule has 3 heterocycles. The fourth-order valence-electron chi connectivity index (χ4n) is 3.38. The van der Waals surface area contributed by atoms with Crippen LogP contribution in [0.15, 0.2) is 23.1 Å². The Morgan fingerprint density at radius 1 is 1.20 bits per heavy atom. The van der Waals surface area contributed by atoms with Crippen LogP contribution in [0.5, 0.6) is 0 Å². The highest BCUT2D eigenvalue weighted by atomic mass is 16.2. The quantitative estimate of drug-likeness (QED) is 0.850. The zero-order chi connectivity index (χ0) is 13.9. The lowest BCUT2D eigenvalue weighted by molar-refractivity contribution is 0.0563. The molecule has 3 rings (SSSR count). The first kappa shape index (κ1) is 13.4. The summed E-state index contributed by atoms with van der Waals surface area (Å²) in [5.41, 5.74) is 0.406. The monoisotopic (exact) mass is 275 g/mol. The highest BCUT2D eigenvalue weighted by molar-refractivity contribution is 5.94. The Morgan fingerprint density at radius 2 is 2.10 bits per heavy atom. The molecule has 2 aliphatic rings. The average Bonchev–Trinajstić information content (AvgIpc) is 3.01. The maximum Gasteiger partial charge on any atom is 0.255 e. The second-order valence-corrected chi connectivity index (χ2v) is 5.71. The van der Waals surface area contributed by atoms with Gasteiger partial charge in [0.25, 0.3) is 5.91 Å². The molecule has 2 aliphatic heterocycles. The van der Waals surface area contributed by atoms with Crippen LogP contribution in [-0.2, 0) is 0 Å². The largest absolute Gasteiger partial charge is 0.334 e. The smallest absolute Gasteiger partial charge is 0.255 e. The number of hydrogen-bond donors (Lipinski definition) is 2. The van der Waals surface area contributed by atoms with E-state index in [9.17, 15) is 9.59 Å². The highest BCUT2D eigenvalue weighted by Crippen LogP contribution is 2.25. The third-order valence-corrected chi connectivity index (χ3v) is 4.40. The summed E-state index contributed by atoms with van der Waals surface area (Å²) >= 11 is 0. The SMILES string of the molecule is O=C(c1ccc(=O)[nH]c1)N1CCCCC1C1CCCN1. The molecule has 1 aromatic heterocycles. The van der Waals surface area contributed by atoms with E-state index in [4.69, 9.17) is 0 Å². The number of carbonyl (C=O) groups excluding carboxylic acids is 1. The predicted octanol–water partition coefficient (Wildman–Crippen LogP) is 1.12. The fraction of sp³-hybridized carbons (Fsp3) is 0.600. The van der Waals surface area contributed by atoms with Gasteiger partial charge in [-0.25, -0.2) is 0 Å². The number of pyridine rings is 1. The van der Waals surface area contributed by atoms with Gasteiger partial charge in [-0.3, -0.25) is 9.59 Å². The van der Waals surface area contributed by atoms with Crippen LogP contribution in [0.1, 0.15) is 42.5 Å². The average molecular weight is 275 g/mol. The number of rotatable bonds is 2. The summed E-state index contributed by atoms with van der Waals surface area (Å²) in [4.78, 5) is 28.3. The number of likely N-dealkylation sites (tertiary alicyclic amines) is 1. The number of piperidine rings is 1. The molecule has 20 heavy (non-hydrogen) atoms. The highest BCUT2D eigenvalue weighted by Gasteiger charge is 2.34. The van der Waals surface area contributed by atoms with Crippen LogP contribution in [0.2, 0.25) is 0 Å². The number of aromatic amines is 1. The molecule has 2 N–H and O–H groups in total. The zero-order valence-electron chi connectivity index (χ0n) is 11.6. The second kappa shape index (κ2) is 5.79. The lowest BCUT2D eigenvalue weighted by atomic mass is 9.94. The summed E-state index contributed by atoms with van der Waals surface area (Å²) in [5.74, 6) is 0.0413. The van der Waals surface area contributed by atoms with E-state index >= 15 is 0 Å². The lowest BCUT2D eigenvalue weighted by Gasteiger charge is -2.39. The third-order valence-electron chi connectivity index (χ3n) is 4.40. The molecule has 108 valence electrons. The number of hydrogen-bond acceptors (Lipinski definition) is 3. The molecule has 0 spiro atoms. The van der Waals surface area contributed by atoms with Crippen molar-refractivity contribution in [2.24, 2.45) is 0 Å². The normalized spacial score (nSPS) is 26.7. The van der Waals surface area contributed by atoms with Gasteiger partial charge in [-0.2, -0.15) is 0 Å². The van der Waals surface area contributed by atoms with Gasteiger partial charge in [0.05, 0.1) is 5.56 Å². The zero-order valence-corrected chi connectivity index (χ0v) is 11.6. The molecule has 1 amide bonds. The van der Waals surface area contributed by atoms with Crippen molar-refractivity contribution in [3.63, 3.8) is 0 Å². The van der Waals surface area contributed by atoms with Gasteiger partial charge in [-0.1, -0.05) is 0 Å². The first-order valence-corrected chi connectivity index (χ1v) is 7.49. The molecule has 2 fully saturated rings. The van der Waals surface area contributed by atoms with Crippen molar-refractivity contribution in [1.29, 1.82) is 0 Å². The number of nitrogens with one attached hydrogen (secondary N) is 2. The molecule has 0 bridgehead atoms. The molecule has 5 nitrogen and oxygen atoms in total. The fourth-order valence-corrected chi connectivity index (χ4v) is 3.38. The van der Waals surface area contributed by atoms with E-state index < -0.39 is 0 Å². The molecule has 0 saturated carbocycles. The summed E-state index contributed by atoms with van der Waals surface area (Å²) in [5, 5.41) is 3.52. The van der Waals surface area contributed by atoms with Crippen LogP contribution >= 0.6 is 0 Å². The molecule has 1 aromatic rings. The van der Waals surface area contributed by atoms with Crippen molar-refractivity contribution in [1.82, 2.24) is 15.2 Å². The Kier molecular flexibility index (Phi) is 3.87. The van der Waals surface area contributed by atoms with Crippen molar-refractivity contribution < 1.29 is 4.79 Å². The van der Waals surface area contributed by atoms with Crippen LogP contribution in [0.25, 0.3) is 0 Å². The number of aromatic nitrogens is 1. The van der Waals surface area contributed by atoms with E-state index in [0.29, 0.717) is 17.6 Å². The van der Waals surface area contributed by atoms with Crippen molar-refractivity contribution in [2.45, 2.75) is 44.2 Å². The van der Waals surface area contributed by atoms with Gasteiger partial charge in [-0.15, -0.1) is 0 Å². The van der Waals surface area contributed by atoms with Crippen LogP contribution in [0.3, 0.4) is 0 Å². The predicted molar refractivity (Wildman–Crippen MR) is 76.8 cm³/mol. The number of amides is 1. The van der Waals surface area contributed by atoms with E-state index in [0.717, 1.165) is 32.4 Å². The molecule has 5 heteroatoms. The van der Waals surface area contributed by atoms with Crippen molar-refractivity contribution in [3.8, 4) is 0 Å². The second-order valence-electron chi connectivity index (χ2n) is 5.71. The first-order chi connectivity index (χ1) is 9.75. The van der Waals surface area contributed by atoms with Crippen LogP contribution in [0, 0.1) is 0 Å². The van der Waals surface area contributed by atoms with E-state index in [1.165, 1.54) is 25.1 Å². The van der Waals surface area contributed by atoms with Gasteiger partial charge in [0.15, 0.2) is 0 Å².